The lowest BCUT2D eigenvalue weighted by Gasteiger charge is -2.18. The van der Waals surface area contributed by atoms with Crippen molar-refractivity contribution >= 4 is 11.7 Å². The van der Waals surface area contributed by atoms with Crippen LogP contribution < -0.4 is 11.1 Å². The maximum atomic E-state index is 14.4. The molecule has 6 rings (SSSR count). The molecular formula is C29H20F3N3O2. The molecule has 1 amide bonds. The Labute approximate surface area is 210 Å². The summed E-state index contributed by atoms with van der Waals surface area (Å²) in [4.78, 5) is 12.9. The second kappa shape index (κ2) is 8.60. The lowest BCUT2D eigenvalue weighted by Crippen LogP contribution is -2.23. The molecule has 4 aromatic carbocycles. The zero-order valence-corrected chi connectivity index (χ0v) is 19.3. The average Bonchev–Trinajstić information content (AvgIpc) is 3.44. The number of nitrogens with two attached hydrogens (primary N) is 1. The van der Waals surface area contributed by atoms with E-state index in [-0.39, 0.29) is 30.0 Å². The Balaban J connectivity index is 1.23. The van der Waals surface area contributed by atoms with E-state index in [9.17, 15) is 18.0 Å². The molecule has 8 heteroatoms. The summed E-state index contributed by atoms with van der Waals surface area (Å²) in [5, 5.41) is 10.2. The Bertz CT molecular complexity index is 1620. The number of amides is 1. The van der Waals surface area contributed by atoms with Crippen LogP contribution in [0.25, 0.3) is 11.1 Å². The first-order chi connectivity index (χ1) is 17.8. The van der Waals surface area contributed by atoms with Crippen LogP contribution >= 0.6 is 0 Å². The summed E-state index contributed by atoms with van der Waals surface area (Å²) >= 11 is 0. The maximum Gasteiger partial charge on any atom is 0.251 e. The molecule has 0 aliphatic carbocycles. The van der Waals surface area contributed by atoms with Gasteiger partial charge in [-0.2, -0.15) is 0 Å². The molecule has 2 aliphatic heterocycles. The van der Waals surface area contributed by atoms with Crippen molar-refractivity contribution in [3.05, 3.63) is 129 Å². The van der Waals surface area contributed by atoms with E-state index in [4.69, 9.17) is 15.9 Å². The van der Waals surface area contributed by atoms with Crippen LogP contribution in [-0.4, -0.2) is 11.7 Å². The fourth-order valence-electron chi connectivity index (χ4n) is 5.05. The monoisotopic (exact) mass is 499 g/mol. The fraction of sp³-hybridized carbons (Fsp3) is 0.103. The predicted octanol–water partition coefficient (Wildman–Crippen LogP) is 5.51. The molecule has 37 heavy (non-hydrogen) atoms. The Kier molecular flexibility index (Phi) is 5.35. The van der Waals surface area contributed by atoms with Crippen LogP contribution in [0.15, 0.2) is 72.8 Å². The van der Waals surface area contributed by atoms with Crippen LogP contribution in [0.5, 0.6) is 0 Å². The van der Waals surface area contributed by atoms with E-state index in [1.54, 1.807) is 24.3 Å². The van der Waals surface area contributed by atoms with E-state index < -0.39 is 23.6 Å². The highest BCUT2D eigenvalue weighted by Crippen LogP contribution is 2.54. The van der Waals surface area contributed by atoms with E-state index >= 15 is 0 Å². The van der Waals surface area contributed by atoms with Gasteiger partial charge in [-0.1, -0.05) is 24.3 Å². The maximum absolute atomic E-state index is 14.4. The Morgan fingerprint density at radius 1 is 0.838 bits per heavy atom. The molecule has 2 aliphatic rings. The normalized spacial score (nSPS) is 16.8. The smallest absolute Gasteiger partial charge is 0.251 e. The molecule has 4 aromatic rings. The largest absolute Gasteiger partial charge is 0.384 e. The molecule has 0 spiro atoms. The molecule has 0 saturated heterocycles. The highest BCUT2D eigenvalue weighted by molar-refractivity contribution is 5.95. The third-order valence-corrected chi connectivity index (χ3v) is 6.86. The molecule has 2 heterocycles. The van der Waals surface area contributed by atoms with Gasteiger partial charge >= 0.3 is 0 Å². The highest BCUT2D eigenvalue weighted by Gasteiger charge is 2.43. The number of ether oxygens (including phenoxy) is 1. The summed E-state index contributed by atoms with van der Waals surface area (Å²) in [6, 6.07) is 18.7. The van der Waals surface area contributed by atoms with Gasteiger partial charge in [0, 0.05) is 23.7 Å². The number of amidine groups is 1. The van der Waals surface area contributed by atoms with Crippen molar-refractivity contribution < 1.29 is 22.7 Å². The molecule has 5 nitrogen and oxygen atoms in total. The van der Waals surface area contributed by atoms with Gasteiger partial charge in [0.1, 0.15) is 35.5 Å². The number of hydrogen-bond acceptors (Lipinski definition) is 3. The van der Waals surface area contributed by atoms with Gasteiger partial charge in [0.2, 0.25) is 0 Å². The summed E-state index contributed by atoms with van der Waals surface area (Å²) in [5.41, 5.74) is 10.9. The molecule has 2 unspecified atom stereocenters. The molecule has 0 fully saturated rings. The second-order valence-corrected chi connectivity index (χ2v) is 9.12. The van der Waals surface area contributed by atoms with Gasteiger partial charge in [-0.15, -0.1) is 0 Å². The first kappa shape index (κ1) is 23.0. The third-order valence-electron chi connectivity index (χ3n) is 6.86. The predicted molar refractivity (Wildman–Crippen MR) is 132 cm³/mol. The zero-order chi connectivity index (χ0) is 25.8. The number of hydrogen-bond donors (Lipinski definition) is 3. The lowest BCUT2D eigenvalue weighted by molar-refractivity contribution is 0.0857. The Hall–Kier alpha value is -4.43. The number of carbonyl (C=O) groups is 1. The van der Waals surface area contributed by atoms with Crippen LogP contribution in [0.2, 0.25) is 0 Å². The summed E-state index contributed by atoms with van der Waals surface area (Å²) in [5.74, 6) is -2.59. The molecule has 184 valence electrons. The van der Waals surface area contributed by atoms with Gasteiger partial charge in [-0.3, -0.25) is 10.2 Å². The van der Waals surface area contributed by atoms with Gasteiger partial charge in [0.05, 0.1) is 5.56 Å². The van der Waals surface area contributed by atoms with Crippen molar-refractivity contribution in [2.45, 2.75) is 18.8 Å². The standard InChI is InChI=1S/C29H20F3N3O2/c30-17-4-8-18(25(32)12-17)15-2-6-19-22(10-15)27-23-11-16(3-7-20(23)26(19)37-27)29(36)35-13-14-1-5-21(28(33)34)24(31)9-14/h1-12,26-27H,13H2,(H3,33,34)(H,35,36). The second-order valence-electron chi connectivity index (χ2n) is 9.12. The number of nitrogens with one attached hydrogen (secondary N) is 2. The van der Waals surface area contributed by atoms with Crippen molar-refractivity contribution in [2.75, 3.05) is 0 Å². The number of fused-ring (bicyclic) bond motifs is 8. The molecule has 2 bridgehead atoms. The van der Waals surface area contributed by atoms with Crippen LogP contribution in [0.3, 0.4) is 0 Å². The first-order valence-corrected chi connectivity index (χ1v) is 11.6. The first-order valence-electron chi connectivity index (χ1n) is 11.6. The number of rotatable bonds is 5. The molecule has 0 saturated carbocycles. The summed E-state index contributed by atoms with van der Waals surface area (Å²) < 4.78 is 48.0. The van der Waals surface area contributed by atoms with Gasteiger partial charge in [0.25, 0.3) is 5.91 Å². The fourth-order valence-corrected chi connectivity index (χ4v) is 5.05. The SMILES string of the molecule is N=C(N)c1ccc(CNC(=O)c2ccc3c(c2)C2OC3c3ccc(-c4ccc(F)cc4F)cc32)cc1F. The zero-order valence-electron chi connectivity index (χ0n) is 19.3. The van der Waals surface area contributed by atoms with Crippen molar-refractivity contribution in [1.29, 1.82) is 5.41 Å². The van der Waals surface area contributed by atoms with Crippen molar-refractivity contribution in [3.63, 3.8) is 0 Å². The minimum absolute atomic E-state index is 0.00866. The van der Waals surface area contributed by atoms with E-state index in [2.05, 4.69) is 5.32 Å². The van der Waals surface area contributed by atoms with Crippen LogP contribution in [0.1, 0.15) is 55.9 Å². The number of carbonyl (C=O) groups excluding carboxylic acids is 1. The third kappa shape index (κ3) is 3.86. The Morgan fingerprint density at radius 2 is 1.57 bits per heavy atom. The van der Waals surface area contributed by atoms with Gasteiger partial charge < -0.3 is 15.8 Å². The van der Waals surface area contributed by atoms with Crippen LogP contribution in [0.4, 0.5) is 13.2 Å². The molecule has 2 atom stereocenters. The van der Waals surface area contributed by atoms with E-state index in [0.29, 0.717) is 22.3 Å². The molecular weight excluding hydrogens is 479 g/mol. The highest BCUT2D eigenvalue weighted by atomic mass is 19.1. The molecule has 0 radical (unpaired) electrons. The number of benzene rings is 4. The van der Waals surface area contributed by atoms with Gasteiger partial charge in [-0.25, -0.2) is 13.2 Å². The topological polar surface area (TPSA) is 88.2 Å². The lowest BCUT2D eigenvalue weighted by atomic mass is 9.83. The number of halogens is 3. The number of nitrogen functional groups attached to an aromatic ring is 1. The van der Waals surface area contributed by atoms with Crippen LogP contribution in [0, 0.1) is 22.9 Å². The summed E-state index contributed by atoms with van der Waals surface area (Å²) in [7, 11) is 0. The van der Waals surface area contributed by atoms with E-state index in [1.165, 1.54) is 24.3 Å². The quantitative estimate of drug-likeness (QED) is 0.250. The minimum Gasteiger partial charge on any atom is -0.384 e. The average molecular weight is 499 g/mol. The van der Waals surface area contributed by atoms with Crippen molar-refractivity contribution in [2.24, 2.45) is 5.73 Å². The Morgan fingerprint density at radius 3 is 2.30 bits per heavy atom. The van der Waals surface area contributed by atoms with E-state index in [0.717, 1.165) is 28.3 Å². The van der Waals surface area contributed by atoms with Crippen molar-refractivity contribution in [1.82, 2.24) is 5.32 Å². The molecule has 4 N–H and O–H groups in total. The van der Waals surface area contributed by atoms with Gasteiger partial charge in [0.15, 0.2) is 0 Å². The summed E-state index contributed by atoms with van der Waals surface area (Å²) in [6.07, 6.45) is -0.679. The van der Waals surface area contributed by atoms with E-state index in [1.807, 2.05) is 18.2 Å². The molecule has 0 aromatic heterocycles. The van der Waals surface area contributed by atoms with Crippen LogP contribution in [-0.2, 0) is 11.3 Å². The van der Waals surface area contributed by atoms with Crippen molar-refractivity contribution in [3.8, 4) is 11.1 Å². The summed E-state index contributed by atoms with van der Waals surface area (Å²) in [6.45, 7) is 0.100. The minimum atomic E-state index is -0.640. The van der Waals surface area contributed by atoms with Gasteiger partial charge in [-0.05, 0) is 75.8 Å².